The molecule has 0 fully saturated rings. The second-order valence-corrected chi connectivity index (χ2v) is 14.6. The molecule has 0 amide bonds. The molecule has 0 spiro atoms. The van der Waals surface area contributed by atoms with Gasteiger partial charge in [-0.2, -0.15) is 0 Å². The van der Waals surface area contributed by atoms with Crippen LogP contribution in [-0.2, 0) is 0 Å². The molecule has 0 unspecified atom stereocenters. The maximum Gasteiger partial charge on any atom is 0.168 e. The van der Waals surface area contributed by atoms with Gasteiger partial charge in [-0.25, -0.2) is 0 Å². The summed E-state index contributed by atoms with van der Waals surface area (Å²) in [6.45, 7) is 0. The molecule has 9 aromatic carbocycles. The molecular weight excluding hydrogens is 705 g/mol. The predicted molar refractivity (Wildman–Crippen MR) is 240 cm³/mol. The van der Waals surface area contributed by atoms with Gasteiger partial charge in [-0.3, -0.25) is 4.57 Å². The lowest BCUT2D eigenvalue weighted by Gasteiger charge is -2.16. The zero-order valence-electron chi connectivity index (χ0n) is 31.6. The minimum atomic E-state index is 0.799. The Labute approximate surface area is 336 Å². The first-order chi connectivity index (χ1) is 28.8. The van der Waals surface area contributed by atoms with Crippen LogP contribution in [0.15, 0.2) is 218 Å². The monoisotopic (exact) mass is 740 g/mol. The number of para-hydroxylation sites is 2. The average Bonchev–Trinajstić information content (AvgIpc) is 3.89. The smallest absolute Gasteiger partial charge is 0.168 e. The zero-order chi connectivity index (χ0) is 38.4. The molecule has 2 heterocycles. The van der Waals surface area contributed by atoms with Crippen LogP contribution in [0.2, 0.25) is 0 Å². The van der Waals surface area contributed by atoms with Crippen molar-refractivity contribution >= 4 is 32.6 Å². The van der Waals surface area contributed by atoms with Crippen molar-refractivity contribution in [2.45, 2.75) is 0 Å². The van der Waals surface area contributed by atoms with E-state index in [2.05, 4.69) is 208 Å². The average molecular weight is 741 g/mol. The van der Waals surface area contributed by atoms with Crippen LogP contribution in [0.1, 0.15) is 0 Å². The van der Waals surface area contributed by atoms with E-state index in [-0.39, 0.29) is 0 Å². The van der Waals surface area contributed by atoms with E-state index in [1.54, 1.807) is 0 Å². The van der Waals surface area contributed by atoms with Crippen molar-refractivity contribution in [3.05, 3.63) is 218 Å². The van der Waals surface area contributed by atoms with Crippen molar-refractivity contribution < 1.29 is 0 Å². The highest BCUT2D eigenvalue weighted by Gasteiger charge is 2.19. The van der Waals surface area contributed by atoms with Gasteiger partial charge in [0.25, 0.3) is 0 Å². The predicted octanol–water partition coefficient (Wildman–Crippen LogP) is 13.9. The molecule has 58 heavy (non-hydrogen) atoms. The summed E-state index contributed by atoms with van der Waals surface area (Å²) in [6.07, 6.45) is 0. The van der Waals surface area contributed by atoms with Gasteiger partial charge in [-0.15, -0.1) is 10.2 Å². The first kappa shape index (κ1) is 33.5. The lowest BCUT2D eigenvalue weighted by Crippen LogP contribution is -2.00. The number of hydrogen-bond acceptors (Lipinski definition) is 2. The van der Waals surface area contributed by atoms with Gasteiger partial charge in [0.1, 0.15) is 0 Å². The van der Waals surface area contributed by atoms with Gasteiger partial charge in [0, 0.05) is 33.0 Å². The molecule has 4 heteroatoms. The van der Waals surface area contributed by atoms with Crippen LogP contribution < -0.4 is 0 Å². The highest BCUT2D eigenvalue weighted by atomic mass is 15.3. The first-order valence-electron chi connectivity index (χ1n) is 19.7. The second-order valence-electron chi connectivity index (χ2n) is 14.6. The Hall–Kier alpha value is -7.82. The summed E-state index contributed by atoms with van der Waals surface area (Å²) in [4.78, 5) is 0. The summed E-state index contributed by atoms with van der Waals surface area (Å²) in [6, 6.07) is 77.8. The molecule has 0 aliphatic heterocycles. The van der Waals surface area contributed by atoms with Crippen molar-refractivity contribution in [2.24, 2.45) is 0 Å². The maximum atomic E-state index is 4.74. The van der Waals surface area contributed by atoms with Gasteiger partial charge < -0.3 is 4.57 Å². The largest absolute Gasteiger partial charge is 0.309 e. The van der Waals surface area contributed by atoms with Gasteiger partial charge in [0.2, 0.25) is 0 Å². The highest BCUT2D eigenvalue weighted by molar-refractivity contribution is 6.12. The molecule has 0 radical (unpaired) electrons. The lowest BCUT2D eigenvalue weighted by atomic mass is 9.89. The van der Waals surface area contributed by atoms with Crippen LogP contribution in [-0.4, -0.2) is 19.3 Å². The molecule has 272 valence electrons. The topological polar surface area (TPSA) is 35.6 Å². The van der Waals surface area contributed by atoms with Crippen LogP contribution in [0.3, 0.4) is 0 Å². The van der Waals surface area contributed by atoms with E-state index in [1.807, 2.05) is 24.3 Å². The number of fused-ring (bicyclic) bond motifs is 4. The zero-order valence-corrected chi connectivity index (χ0v) is 31.6. The van der Waals surface area contributed by atoms with E-state index in [4.69, 9.17) is 5.10 Å². The van der Waals surface area contributed by atoms with Crippen molar-refractivity contribution in [3.8, 4) is 67.5 Å². The first-order valence-corrected chi connectivity index (χ1v) is 19.7. The molecular formula is C54H36N4. The van der Waals surface area contributed by atoms with Crippen molar-refractivity contribution in [2.75, 3.05) is 0 Å². The van der Waals surface area contributed by atoms with Crippen LogP contribution in [0.4, 0.5) is 0 Å². The van der Waals surface area contributed by atoms with Gasteiger partial charge in [0.15, 0.2) is 11.6 Å². The molecule has 0 aliphatic carbocycles. The van der Waals surface area contributed by atoms with Crippen LogP contribution in [0.25, 0.3) is 100 Å². The fourth-order valence-corrected chi connectivity index (χ4v) is 8.61. The Morgan fingerprint density at radius 1 is 0.293 bits per heavy atom. The number of rotatable bonds is 7. The lowest BCUT2D eigenvalue weighted by molar-refractivity contribution is 1.07. The maximum absolute atomic E-state index is 4.74. The Morgan fingerprint density at radius 2 is 0.793 bits per heavy atom. The normalized spacial score (nSPS) is 11.4. The standard InChI is InChI=1S/C54H36N4/c1-3-17-39(18-4-1)53-55-56-54(57(53)42-20-5-2-6-21-42)40-32-30-38(31-33-40)43-22-9-11-25-46(43)47-26-12-10-23-44(47)41-34-35-52-49(36-41)48-27-13-14-28-51(48)58(52)50-29-15-19-37-16-7-8-24-45(37)50/h1-36H. The van der Waals surface area contributed by atoms with E-state index in [1.165, 1.54) is 66.1 Å². The number of aromatic nitrogens is 4. The third kappa shape index (κ3) is 5.62. The third-order valence-corrected chi connectivity index (χ3v) is 11.3. The molecule has 4 nitrogen and oxygen atoms in total. The second kappa shape index (κ2) is 14.0. The summed E-state index contributed by atoms with van der Waals surface area (Å²) in [5.41, 5.74) is 13.7. The number of benzene rings is 9. The van der Waals surface area contributed by atoms with E-state index in [0.29, 0.717) is 0 Å². The Kier molecular flexibility index (Phi) is 8.11. The Balaban J connectivity index is 1.00. The molecule has 0 aliphatic rings. The SMILES string of the molecule is c1ccc(-c2nnc(-c3ccc(-c4ccccc4-c4ccccc4-c4ccc5c(c4)c4ccccc4n5-c4cccc5ccccc45)cc3)n2-c2ccccc2)cc1. The van der Waals surface area contributed by atoms with Gasteiger partial charge in [-0.1, -0.05) is 182 Å². The molecule has 0 bridgehead atoms. The Bertz CT molecular complexity index is 3260. The highest BCUT2D eigenvalue weighted by Crippen LogP contribution is 2.42. The molecule has 0 saturated carbocycles. The fraction of sp³-hybridized carbons (Fsp3) is 0. The van der Waals surface area contributed by atoms with Crippen molar-refractivity contribution in [1.82, 2.24) is 19.3 Å². The molecule has 0 N–H and O–H groups in total. The van der Waals surface area contributed by atoms with Crippen LogP contribution >= 0.6 is 0 Å². The van der Waals surface area contributed by atoms with Crippen molar-refractivity contribution in [1.29, 1.82) is 0 Å². The minimum Gasteiger partial charge on any atom is -0.309 e. The van der Waals surface area contributed by atoms with E-state index in [9.17, 15) is 0 Å². The Morgan fingerprint density at radius 3 is 1.52 bits per heavy atom. The summed E-state index contributed by atoms with van der Waals surface area (Å²) in [5, 5.41) is 14.4. The summed E-state index contributed by atoms with van der Waals surface area (Å²) < 4.78 is 4.57. The quantitative estimate of drug-likeness (QED) is 0.163. The number of nitrogens with zero attached hydrogens (tertiary/aromatic N) is 4. The van der Waals surface area contributed by atoms with E-state index < -0.39 is 0 Å². The van der Waals surface area contributed by atoms with Gasteiger partial charge in [-0.05, 0) is 75.2 Å². The van der Waals surface area contributed by atoms with Crippen LogP contribution in [0.5, 0.6) is 0 Å². The van der Waals surface area contributed by atoms with Crippen LogP contribution in [0, 0.1) is 0 Å². The third-order valence-electron chi connectivity index (χ3n) is 11.3. The van der Waals surface area contributed by atoms with Gasteiger partial charge >= 0.3 is 0 Å². The van der Waals surface area contributed by atoms with E-state index in [0.717, 1.165) is 34.0 Å². The van der Waals surface area contributed by atoms with E-state index >= 15 is 0 Å². The minimum absolute atomic E-state index is 0.799. The molecule has 11 aromatic rings. The molecule has 0 atom stereocenters. The molecule has 2 aromatic heterocycles. The molecule has 11 rings (SSSR count). The van der Waals surface area contributed by atoms with Crippen molar-refractivity contribution in [3.63, 3.8) is 0 Å². The number of hydrogen-bond donors (Lipinski definition) is 0. The molecule has 0 saturated heterocycles. The summed E-state index contributed by atoms with van der Waals surface area (Å²) in [5.74, 6) is 1.61. The van der Waals surface area contributed by atoms with Gasteiger partial charge in [0.05, 0.1) is 16.7 Å². The fourth-order valence-electron chi connectivity index (χ4n) is 8.61. The summed E-state index contributed by atoms with van der Waals surface area (Å²) in [7, 11) is 0. The summed E-state index contributed by atoms with van der Waals surface area (Å²) >= 11 is 0.